The second kappa shape index (κ2) is 9.18. The van der Waals surface area contributed by atoms with E-state index in [1.807, 2.05) is 0 Å². The summed E-state index contributed by atoms with van der Waals surface area (Å²) in [6.07, 6.45) is 0. The van der Waals surface area contributed by atoms with Crippen molar-refractivity contribution in [2.24, 2.45) is 10.7 Å². The van der Waals surface area contributed by atoms with Gasteiger partial charge in [-0.1, -0.05) is 36.8 Å². The number of hydrogen-bond donors (Lipinski definition) is 1. The maximum Gasteiger partial charge on any atom is 0.191 e. The van der Waals surface area contributed by atoms with Crippen molar-refractivity contribution < 1.29 is 0 Å². The fraction of sp³-hybridized carbons (Fsp3) is 0.533. The lowest BCUT2D eigenvalue weighted by Crippen LogP contribution is -2.37. The molecule has 0 saturated heterocycles. The van der Waals surface area contributed by atoms with Gasteiger partial charge >= 0.3 is 0 Å². The van der Waals surface area contributed by atoms with Crippen LogP contribution >= 0.6 is 24.0 Å². The predicted molar refractivity (Wildman–Crippen MR) is 94.4 cm³/mol. The van der Waals surface area contributed by atoms with E-state index in [1.54, 1.807) is 0 Å². The number of nitrogens with two attached hydrogens (primary N) is 1. The second-order valence-electron chi connectivity index (χ2n) is 4.69. The number of benzene rings is 1. The molecular weight excluding hydrogens is 349 g/mol. The van der Waals surface area contributed by atoms with Gasteiger partial charge < -0.3 is 10.6 Å². The molecule has 108 valence electrons. The highest BCUT2D eigenvalue weighted by Gasteiger charge is 2.07. The Kier molecular flexibility index (Phi) is 8.80. The summed E-state index contributed by atoms with van der Waals surface area (Å²) in [4.78, 5) is 6.56. The summed E-state index contributed by atoms with van der Waals surface area (Å²) >= 11 is 0. The van der Waals surface area contributed by atoms with E-state index >= 15 is 0 Å². The molecule has 1 atom stereocenters. The molecule has 1 aromatic carbocycles. The maximum absolute atomic E-state index is 5.97. The number of rotatable bonds is 5. The molecule has 0 fully saturated rings. The fourth-order valence-corrected chi connectivity index (χ4v) is 1.96. The van der Waals surface area contributed by atoms with Gasteiger partial charge in [0.25, 0.3) is 0 Å². The van der Waals surface area contributed by atoms with Gasteiger partial charge in [-0.2, -0.15) is 0 Å². The van der Waals surface area contributed by atoms with Crippen LogP contribution in [0.2, 0.25) is 0 Å². The predicted octanol–water partition coefficient (Wildman–Crippen LogP) is 3.37. The molecule has 0 aliphatic carbocycles. The van der Waals surface area contributed by atoms with Gasteiger partial charge in [-0.15, -0.1) is 24.0 Å². The van der Waals surface area contributed by atoms with Crippen LogP contribution in [-0.2, 0) is 0 Å². The maximum atomic E-state index is 5.97. The van der Waals surface area contributed by atoms with Gasteiger partial charge in [0.05, 0.1) is 0 Å². The van der Waals surface area contributed by atoms with Crippen molar-refractivity contribution in [2.75, 3.05) is 19.6 Å². The SMILES string of the molecule is CCN(CC)C(N)=NCC(C)c1cccc(C)c1.I. The van der Waals surface area contributed by atoms with Crippen LogP contribution in [0.3, 0.4) is 0 Å². The molecule has 1 rings (SSSR count). The Bertz CT molecular complexity index is 400. The van der Waals surface area contributed by atoms with Crippen molar-refractivity contribution in [3.63, 3.8) is 0 Å². The van der Waals surface area contributed by atoms with E-state index in [9.17, 15) is 0 Å². The van der Waals surface area contributed by atoms with E-state index in [4.69, 9.17) is 5.73 Å². The molecule has 1 aromatic rings. The minimum atomic E-state index is 0. The lowest BCUT2D eigenvalue weighted by atomic mass is 10.00. The molecule has 0 bridgehead atoms. The van der Waals surface area contributed by atoms with Gasteiger partial charge in [-0.25, -0.2) is 0 Å². The molecule has 4 heteroatoms. The number of aryl methyl sites for hydroxylation is 1. The molecule has 2 N–H and O–H groups in total. The van der Waals surface area contributed by atoms with Crippen LogP contribution in [0.25, 0.3) is 0 Å². The Hall–Kier alpha value is -0.780. The summed E-state index contributed by atoms with van der Waals surface area (Å²) in [6.45, 7) is 11.0. The molecule has 0 spiro atoms. The van der Waals surface area contributed by atoms with Gasteiger partial charge in [-0.3, -0.25) is 4.99 Å². The van der Waals surface area contributed by atoms with Crippen LogP contribution in [0.5, 0.6) is 0 Å². The lowest BCUT2D eigenvalue weighted by Gasteiger charge is -2.20. The second-order valence-corrected chi connectivity index (χ2v) is 4.69. The zero-order chi connectivity index (χ0) is 13.5. The van der Waals surface area contributed by atoms with Gasteiger partial charge in [0, 0.05) is 25.6 Å². The first-order valence-electron chi connectivity index (χ1n) is 6.69. The Morgan fingerprint density at radius 1 is 1.32 bits per heavy atom. The number of nitrogens with zero attached hydrogens (tertiary/aromatic N) is 2. The van der Waals surface area contributed by atoms with Crippen LogP contribution < -0.4 is 5.73 Å². The molecule has 1 unspecified atom stereocenters. The largest absolute Gasteiger partial charge is 0.370 e. The Morgan fingerprint density at radius 2 is 1.95 bits per heavy atom. The van der Waals surface area contributed by atoms with E-state index < -0.39 is 0 Å². The van der Waals surface area contributed by atoms with Crippen molar-refractivity contribution in [1.29, 1.82) is 0 Å². The number of halogens is 1. The monoisotopic (exact) mass is 375 g/mol. The van der Waals surface area contributed by atoms with E-state index in [-0.39, 0.29) is 24.0 Å². The molecule has 0 aliphatic heterocycles. The normalized spacial score (nSPS) is 12.7. The first-order chi connectivity index (χ1) is 8.58. The number of guanidine groups is 1. The lowest BCUT2D eigenvalue weighted by molar-refractivity contribution is 0.457. The van der Waals surface area contributed by atoms with Crippen LogP contribution in [0.1, 0.15) is 37.8 Å². The van der Waals surface area contributed by atoms with Crippen LogP contribution in [0.4, 0.5) is 0 Å². The highest BCUT2D eigenvalue weighted by atomic mass is 127. The summed E-state index contributed by atoms with van der Waals surface area (Å²) < 4.78 is 0. The summed E-state index contributed by atoms with van der Waals surface area (Å²) in [5, 5.41) is 0. The van der Waals surface area contributed by atoms with Crippen molar-refractivity contribution in [1.82, 2.24) is 4.90 Å². The minimum Gasteiger partial charge on any atom is -0.370 e. The minimum absolute atomic E-state index is 0. The van der Waals surface area contributed by atoms with Crippen molar-refractivity contribution in [3.8, 4) is 0 Å². The van der Waals surface area contributed by atoms with Crippen LogP contribution in [0.15, 0.2) is 29.3 Å². The molecule has 0 aliphatic rings. The summed E-state index contributed by atoms with van der Waals surface area (Å²) in [5.74, 6) is 1.05. The quantitative estimate of drug-likeness (QED) is 0.487. The highest BCUT2D eigenvalue weighted by Crippen LogP contribution is 2.16. The first kappa shape index (κ1) is 18.2. The standard InChI is InChI=1S/C15H25N3.HI/c1-5-18(6-2)15(16)17-11-13(4)14-9-7-8-12(3)10-14;/h7-10,13H,5-6,11H2,1-4H3,(H2,16,17);1H. The Labute approximate surface area is 134 Å². The van der Waals surface area contributed by atoms with Crippen molar-refractivity contribution >= 4 is 29.9 Å². The zero-order valence-corrected chi connectivity index (χ0v) is 14.7. The highest BCUT2D eigenvalue weighted by molar-refractivity contribution is 14.0. The fourth-order valence-electron chi connectivity index (χ4n) is 1.96. The van der Waals surface area contributed by atoms with Gasteiger partial charge in [0.15, 0.2) is 5.96 Å². The third kappa shape index (κ3) is 5.80. The van der Waals surface area contributed by atoms with E-state index in [0.717, 1.165) is 19.6 Å². The Morgan fingerprint density at radius 3 is 2.47 bits per heavy atom. The molecular formula is C15H26IN3. The molecule has 0 saturated carbocycles. The van der Waals surface area contributed by atoms with E-state index in [0.29, 0.717) is 11.9 Å². The van der Waals surface area contributed by atoms with E-state index in [1.165, 1.54) is 11.1 Å². The summed E-state index contributed by atoms with van der Waals surface area (Å²) in [5.41, 5.74) is 8.59. The van der Waals surface area contributed by atoms with Crippen molar-refractivity contribution in [3.05, 3.63) is 35.4 Å². The molecule has 0 heterocycles. The molecule has 0 amide bonds. The van der Waals surface area contributed by atoms with Gasteiger partial charge in [0.2, 0.25) is 0 Å². The molecule has 3 nitrogen and oxygen atoms in total. The number of aliphatic imine (C=N–C) groups is 1. The van der Waals surface area contributed by atoms with Crippen LogP contribution in [0, 0.1) is 6.92 Å². The topological polar surface area (TPSA) is 41.6 Å². The molecule has 0 aromatic heterocycles. The third-order valence-corrected chi connectivity index (χ3v) is 3.23. The van der Waals surface area contributed by atoms with E-state index in [2.05, 4.69) is 61.9 Å². The number of hydrogen-bond acceptors (Lipinski definition) is 1. The first-order valence-corrected chi connectivity index (χ1v) is 6.69. The Balaban J connectivity index is 0.00000324. The van der Waals surface area contributed by atoms with Crippen molar-refractivity contribution in [2.45, 2.75) is 33.6 Å². The molecule has 19 heavy (non-hydrogen) atoms. The zero-order valence-electron chi connectivity index (χ0n) is 12.4. The van der Waals surface area contributed by atoms with Gasteiger partial charge in [0.1, 0.15) is 0 Å². The van der Waals surface area contributed by atoms with Crippen LogP contribution in [-0.4, -0.2) is 30.5 Å². The smallest absolute Gasteiger partial charge is 0.191 e. The molecule has 0 radical (unpaired) electrons. The van der Waals surface area contributed by atoms with Gasteiger partial charge in [-0.05, 0) is 26.3 Å². The average Bonchev–Trinajstić information content (AvgIpc) is 2.37. The average molecular weight is 375 g/mol. The third-order valence-electron chi connectivity index (χ3n) is 3.23. The summed E-state index contributed by atoms with van der Waals surface area (Å²) in [6, 6.07) is 8.58. The summed E-state index contributed by atoms with van der Waals surface area (Å²) in [7, 11) is 0.